The fourth-order valence-electron chi connectivity index (χ4n) is 2.44. The van der Waals surface area contributed by atoms with E-state index in [9.17, 15) is 4.79 Å². The molecule has 1 aliphatic heterocycles. The highest BCUT2D eigenvalue weighted by Crippen LogP contribution is 2.23. The second-order valence-electron chi connectivity index (χ2n) is 4.50. The molecule has 0 aromatic carbocycles. The number of fused-ring (bicyclic) bond motifs is 2. The number of rotatable bonds is 0. The number of aromatic nitrogens is 5. The summed E-state index contributed by atoms with van der Waals surface area (Å²) in [5.74, 6) is 1.01. The summed E-state index contributed by atoms with van der Waals surface area (Å²) >= 11 is 1.65. The second-order valence-corrected chi connectivity index (χ2v) is 5.56. The van der Waals surface area contributed by atoms with E-state index in [4.69, 9.17) is 0 Å². The van der Waals surface area contributed by atoms with Crippen molar-refractivity contribution in [1.29, 1.82) is 0 Å². The largest absolute Gasteiger partial charge is 0.292 e. The molecular weight excluding hydrogens is 262 g/mol. The van der Waals surface area contributed by atoms with Gasteiger partial charge in [-0.3, -0.25) is 9.78 Å². The van der Waals surface area contributed by atoms with E-state index in [1.807, 2.05) is 16.6 Å². The molecule has 1 aliphatic rings. The molecule has 0 fully saturated rings. The Hall–Kier alpha value is -1.89. The number of hydrogen-bond acceptors (Lipinski definition) is 5. The predicted octanol–water partition coefficient (Wildman–Crippen LogP) is 1.33. The van der Waals surface area contributed by atoms with Crippen molar-refractivity contribution in [3.8, 4) is 0 Å². The minimum atomic E-state index is -0.0633. The van der Waals surface area contributed by atoms with Crippen molar-refractivity contribution in [2.75, 3.05) is 5.75 Å². The van der Waals surface area contributed by atoms with Crippen molar-refractivity contribution >= 4 is 28.3 Å². The van der Waals surface area contributed by atoms with E-state index < -0.39 is 0 Å². The van der Waals surface area contributed by atoms with Gasteiger partial charge in [0, 0.05) is 18.5 Å². The molecule has 3 aromatic heterocycles. The van der Waals surface area contributed by atoms with Gasteiger partial charge in [0.05, 0.1) is 5.39 Å². The van der Waals surface area contributed by atoms with Gasteiger partial charge in [0.2, 0.25) is 5.16 Å². The fourth-order valence-corrected chi connectivity index (χ4v) is 3.38. The summed E-state index contributed by atoms with van der Waals surface area (Å²) in [7, 11) is 0. The van der Waals surface area contributed by atoms with Gasteiger partial charge in [-0.2, -0.15) is 0 Å². The van der Waals surface area contributed by atoms with E-state index in [-0.39, 0.29) is 5.56 Å². The summed E-state index contributed by atoms with van der Waals surface area (Å²) in [6.07, 6.45) is 3.70. The van der Waals surface area contributed by atoms with Crippen LogP contribution in [0.3, 0.4) is 0 Å². The molecule has 0 atom stereocenters. The third-order valence-electron chi connectivity index (χ3n) is 3.33. The van der Waals surface area contributed by atoms with E-state index in [1.165, 1.54) is 0 Å². The van der Waals surface area contributed by atoms with E-state index in [2.05, 4.69) is 15.2 Å². The normalized spacial score (nSPS) is 15.6. The molecule has 0 spiro atoms. The monoisotopic (exact) mass is 273 g/mol. The van der Waals surface area contributed by atoms with Crippen LogP contribution in [0.25, 0.3) is 16.6 Å². The highest BCUT2D eigenvalue weighted by molar-refractivity contribution is 7.99. The van der Waals surface area contributed by atoms with Crippen LogP contribution in [0.15, 0.2) is 28.3 Å². The van der Waals surface area contributed by atoms with Crippen LogP contribution in [0.2, 0.25) is 0 Å². The standard InChI is InChI=1S/C12H11N5OS/c18-11-9-8(4-3-5-13-9)10-14-15-12-17(10)16(11)6-1-2-7-19-12/h3-5H,1-2,6-7H2. The summed E-state index contributed by atoms with van der Waals surface area (Å²) < 4.78 is 3.56. The second kappa shape index (κ2) is 4.06. The minimum Gasteiger partial charge on any atom is -0.265 e. The molecule has 0 N–H and O–H groups in total. The van der Waals surface area contributed by atoms with E-state index >= 15 is 0 Å². The minimum absolute atomic E-state index is 0.0633. The zero-order chi connectivity index (χ0) is 12.8. The maximum Gasteiger partial charge on any atom is 0.292 e. The predicted molar refractivity (Wildman–Crippen MR) is 72.5 cm³/mol. The smallest absolute Gasteiger partial charge is 0.265 e. The van der Waals surface area contributed by atoms with Gasteiger partial charge in [-0.1, -0.05) is 11.8 Å². The molecule has 19 heavy (non-hydrogen) atoms. The SMILES string of the molecule is O=c1c2ncccc2c2nnc3n2n1CCCCS3. The van der Waals surface area contributed by atoms with Gasteiger partial charge in [0.25, 0.3) is 5.56 Å². The Morgan fingerprint density at radius 2 is 2.21 bits per heavy atom. The first-order valence-corrected chi connectivity index (χ1v) is 7.20. The Morgan fingerprint density at radius 1 is 1.26 bits per heavy atom. The lowest BCUT2D eigenvalue weighted by atomic mass is 10.3. The first-order chi connectivity index (χ1) is 9.36. The summed E-state index contributed by atoms with van der Waals surface area (Å²) in [6, 6.07) is 3.69. The Morgan fingerprint density at radius 3 is 3.16 bits per heavy atom. The van der Waals surface area contributed by atoms with Crippen molar-refractivity contribution in [2.24, 2.45) is 0 Å². The van der Waals surface area contributed by atoms with Crippen LogP contribution in [-0.4, -0.2) is 30.1 Å². The third-order valence-corrected chi connectivity index (χ3v) is 4.34. The molecule has 0 radical (unpaired) electrons. The van der Waals surface area contributed by atoms with Gasteiger partial charge < -0.3 is 0 Å². The molecule has 0 unspecified atom stereocenters. The topological polar surface area (TPSA) is 65.1 Å². The Labute approximate surface area is 112 Å². The summed E-state index contributed by atoms with van der Waals surface area (Å²) in [5.41, 5.74) is 1.12. The first kappa shape index (κ1) is 11.0. The van der Waals surface area contributed by atoms with Gasteiger partial charge in [0.15, 0.2) is 5.65 Å². The van der Waals surface area contributed by atoms with Crippen molar-refractivity contribution in [1.82, 2.24) is 24.4 Å². The van der Waals surface area contributed by atoms with Crippen molar-refractivity contribution in [2.45, 2.75) is 24.5 Å². The number of pyridine rings is 1. The van der Waals surface area contributed by atoms with Crippen molar-refractivity contribution < 1.29 is 0 Å². The summed E-state index contributed by atoms with van der Waals surface area (Å²) in [4.78, 5) is 16.7. The average Bonchev–Trinajstić information content (AvgIpc) is 2.82. The maximum absolute atomic E-state index is 12.5. The lowest BCUT2D eigenvalue weighted by molar-refractivity contribution is 0.493. The van der Waals surface area contributed by atoms with Crippen LogP contribution < -0.4 is 5.56 Å². The molecule has 6 nitrogen and oxygen atoms in total. The van der Waals surface area contributed by atoms with Gasteiger partial charge in [-0.05, 0) is 25.0 Å². The van der Waals surface area contributed by atoms with Crippen LogP contribution in [0.1, 0.15) is 12.8 Å². The first-order valence-electron chi connectivity index (χ1n) is 6.22. The molecule has 0 aliphatic carbocycles. The van der Waals surface area contributed by atoms with Crippen LogP contribution in [-0.2, 0) is 6.54 Å². The van der Waals surface area contributed by atoms with E-state index in [0.717, 1.165) is 29.1 Å². The van der Waals surface area contributed by atoms with Crippen molar-refractivity contribution in [3.63, 3.8) is 0 Å². The average molecular weight is 273 g/mol. The fraction of sp³-hybridized carbons (Fsp3) is 0.333. The molecule has 4 rings (SSSR count). The summed E-state index contributed by atoms with van der Waals surface area (Å²) in [6.45, 7) is 0.688. The molecule has 0 saturated carbocycles. The Kier molecular flexibility index (Phi) is 2.34. The molecule has 0 saturated heterocycles. The number of nitrogens with zero attached hydrogens (tertiary/aromatic N) is 5. The Bertz CT molecular complexity index is 837. The molecule has 4 heterocycles. The zero-order valence-electron chi connectivity index (χ0n) is 10.1. The van der Waals surface area contributed by atoms with Gasteiger partial charge in [-0.15, -0.1) is 10.2 Å². The van der Waals surface area contributed by atoms with E-state index in [1.54, 1.807) is 22.6 Å². The van der Waals surface area contributed by atoms with Crippen LogP contribution in [0, 0.1) is 0 Å². The van der Waals surface area contributed by atoms with Crippen LogP contribution >= 0.6 is 11.8 Å². The summed E-state index contributed by atoms with van der Waals surface area (Å²) in [5, 5.41) is 10.00. The molecule has 3 aromatic rings. The van der Waals surface area contributed by atoms with Crippen LogP contribution in [0.5, 0.6) is 0 Å². The lowest BCUT2D eigenvalue weighted by Gasteiger charge is -2.14. The number of thioether (sulfide) groups is 1. The third kappa shape index (κ3) is 1.51. The highest BCUT2D eigenvalue weighted by atomic mass is 32.2. The molecule has 96 valence electrons. The van der Waals surface area contributed by atoms with Gasteiger partial charge >= 0.3 is 0 Å². The van der Waals surface area contributed by atoms with Gasteiger partial charge in [0.1, 0.15) is 5.52 Å². The Balaban J connectivity index is 2.25. The molecular formula is C12H11N5OS. The van der Waals surface area contributed by atoms with E-state index in [0.29, 0.717) is 17.7 Å². The maximum atomic E-state index is 12.5. The highest BCUT2D eigenvalue weighted by Gasteiger charge is 2.18. The molecule has 0 amide bonds. The van der Waals surface area contributed by atoms with Crippen LogP contribution in [0.4, 0.5) is 0 Å². The molecule has 0 bridgehead atoms. The molecule has 7 heteroatoms. The quantitative estimate of drug-likeness (QED) is 0.618. The number of hydrogen-bond donors (Lipinski definition) is 0. The lowest BCUT2D eigenvalue weighted by Crippen LogP contribution is -2.28. The zero-order valence-corrected chi connectivity index (χ0v) is 10.9. The van der Waals surface area contributed by atoms with Gasteiger partial charge in [-0.25, -0.2) is 9.20 Å². The van der Waals surface area contributed by atoms with Crippen molar-refractivity contribution in [3.05, 3.63) is 28.7 Å². The number of aryl methyl sites for hydroxylation is 1.